The average Bonchev–Trinajstić information content (AvgIpc) is 2.41. The van der Waals surface area contributed by atoms with Gasteiger partial charge >= 0.3 is 5.69 Å². The van der Waals surface area contributed by atoms with Crippen molar-refractivity contribution >= 4 is 17.2 Å². The van der Waals surface area contributed by atoms with Crippen molar-refractivity contribution in [2.24, 2.45) is 5.92 Å². The summed E-state index contributed by atoms with van der Waals surface area (Å²) in [4.78, 5) is 21.5. The van der Waals surface area contributed by atoms with E-state index in [1.165, 1.54) is 19.9 Å². The number of hydrogen-bond acceptors (Lipinski definition) is 7. The number of allylic oxidation sites excluding steroid dienone is 1. The molecule has 1 rings (SSSR count). The maximum atomic E-state index is 11.8. The Morgan fingerprint density at radius 3 is 2.38 bits per heavy atom. The fourth-order valence-corrected chi connectivity index (χ4v) is 1.54. The summed E-state index contributed by atoms with van der Waals surface area (Å²) in [6.45, 7) is 3.04. The van der Waals surface area contributed by atoms with Crippen molar-refractivity contribution in [2.75, 3.05) is 0 Å². The molecule has 0 atom stereocenters. The first-order chi connectivity index (χ1) is 9.70. The number of aliphatic hydroxyl groups is 1. The lowest BCUT2D eigenvalue weighted by Gasteiger charge is -2.07. The molecule has 0 fully saturated rings. The normalized spacial score (nSPS) is 11.7. The highest BCUT2D eigenvalue weighted by Crippen LogP contribution is 2.38. The predicted octanol–water partition coefficient (Wildman–Crippen LogP) is 2.02. The van der Waals surface area contributed by atoms with Gasteiger partial charge in [0.25, 0.3) is 0 Å². The molecule has 0 heterocycles. The molecule has 0 radical (unpaired) electrons. The molecule has 0 saturated heterocycles. The number of benzene rings is 1. The Balaban J connectivity index is 3.56. The molecular weight excluding hydrogens is 280 g/mol. The Bertz CT molecular complexity index is 685. The summed E-state index contributed by atoms with van der Waals surface area (Å²) in [5, 5.41) is 48.4. The van der Waals surface area contributed by atoms with E-state index in [0.29, 0.717) is 0 Å². The maximum Gasteiger partial charge on any atom is 0.315 e. The summed E-state index contributed by atoms with van der Waals surface area (Å²) in [7, 11) is 0. The number of aromatic hydroxyl groups is 2. The van der Waals surface area contributed by atoms with E-state index in [2.05, 4.69) is 0 Å². The molecule has 8 nitrogen and oxygen atoms in total. The molecule has 0 aliphatic rings. The molecule has 0 aliphatic heterocycles. The van der Waals surface area contributed by atoms with Crippen LogP contribution in [0, 0.1) is 27.4 Å². The van der Waals surface area contributed by atoms with Gasteiger partial charge in [-0.25, -0.2) is 0 Å². The topological polar surface area (TPSA) is 145 Å². The second-order valence-electron chi connectivity index (χ2n) is 4.47. The van der Waals surface area contributed by atoms with Gasteiger partial charge in [-0.3, -0.25) is 14.9 Å². The van der Waals surface area contributed by atoms with E-state index in [1.807, 2.05) is 0 Å². The number of carbonyl (C=O) groups excluding carboxylic acids is 1. The quantitative estimate of drug-likeness (QED) is 0.192. The maximum absolute atomic E-state index is 11.8. The van der Waals surface area contributed by atoms with Gasteiger partial charge in [0.05, 0.1) is 4.92 Å². The SMILES string of the molecule is CC(C)C(=O)/C(C#N)=C(\O)c1cc(O)c(O)c([N+](=O)[O-])c1. The van der Waals surface area contributed by atoms with Gasteiger partial charge in [-0.2, -0.15) is 5.26 Å². The lowest BCUT2D eigenvalue weighted by atomic mass is 9.98. The van der Waals surface area contributed by atoms with Crippen LogP contribution in [0.15, 0.2) is 17.7 Å². The number of nitro groups is 1. The number of nitro benzene ring substituents is 1. The zero-order valence-corrected chi connectivity index (χ0v) is 11.2. The summed E-state index contributed by atoms with van der Waals surface area (Å²) in [6, 6.07) is 3.11. The third kappa shape index (κ3) is 3.09. The monoisotopic (exact) mass is 292 g/mol. The molecular formula is C13H12N2O6. The van der Waals surface area contributed by atoms with Gasteiger partial charge in [-0.1, -0.05) is 13.8 Å². The minimum absolute atomic E-state index is 0.317. The molecule has 0 unspecified atom stereocenters. The molecule has 1 aromatic carbocycles. The molecule has 21 heavy (non-hydrogen) atoms. The first-order valence-corrected chi connectivity index (χ1v) is 5.79. The fraction of sp³-hybridized carbons (Fsp3) is 0.231. The van der Waals surface area contributed by atoms with Crippen LogP contribution in [0.3, 0.4) is 0 Å². The lowest BCUT2D eigenvalue weighted by Crippen LogP contribution is -2.11. The Morgan fingerprint density at radius 1 is 1.38 bits per heavy atom. The molecule has 0 spiro atoms. The Hall–Kier alpha value is -3.08. The minimum Gasteiger partial charge on any atom is -0.506 e. The van der Waals surface area contributed by atoms with Crippen LogP contribution in [0.1, 0.15) is 19.4 Å². The number of phenols is 2. The molecule has 3 N–H and O–H groups in total. The Kier molecular flexibility index (Phi) is 4.50. The van der Waals surface area contributed by atoms with Gasteiger partial charge in [0, 0.05) is 17.5 Å². The van der Waals surface area contributed by atoms with Crippen LogP contribution in [0.4, 0.5) is 5.69 Å². The standard InChI is InChI=1S/C13H12N2O6/c1-6(2)11(17)8(5-14)12(18)7-3-9(15(20)21)13(19)10(16)4-7/h3-4,6,16,18-19H,1-2H3/b12-8-. The van der Waals surface area contributed by atoms with Crippen molar-refractivity contribution in [1.82, 2.24) is 0 Å². The van der Waals surface area contributed by atoms with Crippen molar-refractivity contribution in [1.29, 1.82) is 5.26 Å². The van der Waals surface area contributed by atoms with Crippen LogP contribution in [0.2, 0.25) is 0 Å². The first-order valence-electron chi connectivity index (χ1n) is 5.79. The predicted molar refractivity (Wildman–Crippen MR) is 71.4 cm³/mol. The van der Waals surface area contributed by atoms with Crippen molar-refractivity contribution in [2.45, 2.75) is 13.8 Å². The van der Waals surface area contributed by atoms with Gasteiger partial charge in [-0.05, 0) is 6.07 Å². The third-order valence-electron chi connectivity index (χ3n) is 2.66. The van der Waals surface area contributed by atoms with Crippen molar-refractivity contribution < 1.29 is 25.0 Å². The van der Waals surface area contributed by atoms with Crippen LogP contribution >= 0.6 is 0 Å². The van der Waals surface area contributed by atoms with Crippen molar-refractivity contribution in [3.05, 3.63) is 33.4 Å². The number of Topliss-reactive ketones (excluding diaryl/α,β-unsaturated/α-hetero) is 1. The second kappa shape index (κ2) is 5.92. The number of aliphatic hydroxyl groups excluding tert-OH is 1. The van der Waals surface area contributed by atoms with Gasteiger partial charge < -0.3 is 15.3 Å². The van der Waals surface area contributed by atoms with E-state index >= 15 is 0 Å². The molecule has 0 amide bonds. The van der Waals surface area contributed by atoms with E-state index in [0.717, 1.165) is 12.1 Å². The highest BCUT2D eigenvalue weighted by atomic mass is 16.6. The van der Waals surface area contributed by atoms with Gasteiger partial charge in [0.2, 0.25) is 5.75 Å². The fourth-order valence-electron chi connectivity index (χ4n) is 1.54. The molecule has 110 valence electrons. The van der Waals surface area contributed by atoms with E-state index in [1.54, 1.807) is 0 Å². The number of carbonyl (C=O) groups is 1. The smallest absolute Gasteiger partial charge is 0.315 e. The zero-order valence-electron chi connectivity index (χ0n) is 11.2. The van der Waals surface area contributed by atoms with Crippen LogP contribution in [0.25, 0.3) is 5.76 Å². The first kappa shape index (κ1) is 16.0. The molecule has 0 aromatic heterocycles. The van der Waals surface area contributed by atoms with Crippen LogP contribution in [0.5, 0.6) is 11.5 Å². The summed E-state index contributed by atoms with van der Waals surface area (Å²) in [5.41, 5.74) is -1.75. The van der Waals surface area contributed by atoms with Gasteiger partial charge in [0.1, 0.15) is 17.4 Å². The third-order valence-corrected chi connectivity index (χ3v) is 2.66. The number of ketones is 1. The summed E-state index contributed by atoms with van der Waals surface area (Å²) >= 11 is 0. The summed E-state index contributed by atoms with van der Waals surface area (Å²) in [6.07, 6.45) is 0. The number of hydrogen-bond donors (Lipinski definition) is 3. The van der Waals surface area contributed by atoms with E-state index < -0.39 is 45.1 Å². The molecule has 0 aliphatic carbocycles. The van der Waals surface area contributed by atoms with E-state index in [9.17, 15) is 30.2 Å². The molecule has 1 aromatic rings. The molecule has 8 heteroatoms. The van der Waals surface area contributed by atoms with Gasteiger partial charge in [0.15, 0.2) is 11.5 Å². The number of rotatable bonds is 4. The van der Waals surface area contributed by atoms with E-state index in [-0.39, 0.29) is 5.56 Å². The Morgan fingerprint density at radius 2 is 1.95 bits per heavy atom. The zero-order chi connectivity index (χ0) is 16.3. The lowest BCUT2D eigenvalue weighted by molar-refractivity contribution is -0.386. The van der Waals surface area contributed by atoms with E-state index in [4.69, 9.17) is 5.26 Å². The summed E-state index contributed by atoms with van der Waals surface area (Å²) < 4.78 is 0. The highest BCUT2D eigenvalue weighted by molar-refractivity contribution is 6.06. The summed E-state index contributed by atoms with van der Waals surface area (Å²) in [5.74, 6) is -3.83. The number of phenolic OH excluding ortho intramolecular Hbond substituents is 2. The molecule has 0 saturated carbocycles. The van der Waals surface area contributed by atoms with Crippen LogP contribution in [-0.4, -0.2) is 26.0 Å². The molecule has 0 bridgehead atoms. The minimum atomic E-state index is -0.970. The van der Waals surface area contributed by atoms with Crippen molar-refractivity contribution in [3.8, 4) is 17.6 Å². The largest absolute Gasteiger partial charge is 0.506 e. The highest BCUT2D eigenvalue weighted by Gasteiger charge is 2.24. The number of nitriles is 1. The second-order valence-corrected chi connectivity index (χ2v) is 4.47. The Labute approximate surface area is 119 Å². The van der Waals surface area contributed by atoms with Crippen LogP contribution in [-0.2, 0) is 4.79 Å². The number of nitrogens with zero attached hydrogens (tertiary/aromatic N) is 2. The average molecular weight is 292 g/mol. The van der Waals surface area contributed by atoms with Gasteiger partial charge in [-0.15, -0.1) is 0 Å². The van der Waals surface area contributed by atoms with Crippen LogP contribution < -0.4 is 0 Å². The van der Waals surface area contributed by atoms with Crippen molar-refractivity contribution in [3.63, 3.8) is 0 Å².